The lowest BCUT2D eigenvalue weighted by molar-refractivity contribution is -0.142. The predicted molar refractivity (Wildman–Crippen MR) is 86.0 cm³/mol. The van der Waals surface area contributed by atoms with Gasteiger partial charge in [0.2, 0.25) is 5.91 Å². The molecule has 1 aromatic heterocycles. The van der Waals surface area contributed by atoms with E-state index >= 15 is 0 Å². The topological polar surface area (TPSA) is 71.5 Å². The third-order valence-electron chi connectivity index (χ3n) is 3.53. The third-order valence-corrected chi connectivity index (χ3v) is 4.34. The number of nitrogens with one attached hydrogen (secondary N) is 1. The molecule has 0 unspecified atom stereocenters. The van der Waals surface area contributed by atoms with Crippen LogP contribution in [-0.2, 0) is 20.7 Å². The van der Waals surface area contributed by atoms with Crippen LogP contribution in [0.25, 0.3) is 0 Å². The maximum Gasteiger partial charge on any atom is 0.311 e. The number of carbonyl (C=O) groups is 2. The van der Waals surface area contributed by atoms with Crippen LogP contribution in [0, 0.1) is 0 Å². The Morgan fingerprint density at radius 1 is 1.36 bits per heavy atom. The Kier molecular flexibility index (Phi) is 6.79. The fourth-order valence-corrected chi connectivity index (χ4v) is 3.16. The molecule has 0 aliphatic carbocycles. The van der Waals surface area contributed by atoms with Crippen LogP contribution < -0.4 is 5.32 Å². The van der Waals surface area contributed by atoms with Crippen molar-refractivity contribution in [3.05, 3.63) is 11.1 Å². The van der Waals surface area contributed by atoms with Crippen LogP contribution >= 0.6 is 11.3 Å². The molecule has 1 amide bonds. The molecule has 1 aliphatic heterocycles. The largest absolute Gasteiger partial charge is 0.466 e. The summed E-state index contributed by atoms with van der Waals surface area (Å²) in [5, 5.41) is 5.12. The highest BCUT2D eigenvalue weighted by Crippen LogP contribution is 2.16. The molecule has 1 fully saturated rings. The number of hydrogen-bond donors (Lipinski definition) is 1. The van der Waals surface area contributed by atoms with Crippen LogP contribution in [-0.4, -0.2) is 48.0 Å². The summed E-state index contributed by atoms with van der Waals surface area (Å²) in [6.07, 6.45) is 4.38. The van der Waals surface area contributed by atoms with Gasteiger partial charge in [-0.05, 0) is 32.9 Å². The van der Waals surface area contributed by atoms with Crippen LogP contribution in [0.5, 0.6) is 0 Å². The smallest absolute Gasteiger partial charge is 0.311 e. The van der Waals surface area contributed by atoms with Crippen molar-refractivity contribution in [1.29, 1.82) is 0 Å². The number of likely N-dealkylation sites (tertiary alicyclic amines) is 1. The summed E-state index contributed by atoms with van der Waals surface area (Å²) in [6, 6.07) is 0. The molecule has 0 aromatic carbocycles. The molecular formula is C15H23N3O3S. The summed E-state index contributed by atoms with van der Waals surface area (Å²) in [7, 11) is 0. The van der Waals surface area contributed by atoms with Crippen LogP contribution in [0.4, 0.5) is 5.13 Å². The number of thiazole rings is 1. The van der Waals surface area contributed by atoms with Crippen molar-refractivity contribution in [2.45, 2.75) is 39.0 Å². The van der Waals surface area contributed by atoms with Crippen molar-refractivity contribution in [2.75, 3.05) is 31.6 Å². The number of hydrogen-bond acceptors (Lipinski definition) is 6. The minimum Gasteiger partial charge on any atom is -0.466 e. The van der Waals surface area contributed by atoms with E-state index in [0.717, 1.165) is 19.6 Å². The summed E-state index contributed by atoms with van der Waals surface area (Å²) in [5.74, 6) is -0.321. The molecule has 1 saturated heterocycles. The van der Waals surface area contributed by atoms with Crippen molar-refractivity contribution >= 4 is 28.3 Å². The highest BCUT2D eigenvalue weighted by atomic mass is 32.1. The second-order valence-electron chi connectivity index (χ2n) is 5.33. The summed E-state index contributed by atoms with van der Waals surface area (Å²) in [6.45, 7) is 5.12. The van der Waals surface area contributed by atoms with Crippen molar-refractivity contribution in [3.63, 3.8) is 0 Å². The number of rotatable bonds is 7. The molecule has 1 aliphatic rings. The van der Waals surface area contributed by atoms with Gasteiger partial charge in [0.25, 0.3) is 0 Å². The first-order chi connectivity index (χ1) is 10.7. The lowest BCUT2D eigenvalue weighted by atomic mass is 10.1. The lowest BCUT2D eigenvalue weighted by Crippen LogP contribution is -2.32. The maximum atomic E-state index is 11.9. The van der Waals surface area contributed by atoms with Gasteiger partial charge in [-0.3, -0.25) is 9.59 Å². The Bertz CT molecular complexity index is 498. The molecule has 22 heavy (non-hydrogen) atoms. The van der Waals surface area contributed by atoms with E-state index in [1.807, 2.05) is 0 Å². The monoisotopic (exact) mass is 325 g/mol. The van der Waals surface area contributed by atoms with Gasteiger partial charge in [0.1, 0.15) is 0 Å². The number of piperidine rings is 1. The molecule has 7 heteroatoms. The van der Waals surface area contributed by atoms with E-state index in [1.165, 1.54) is 30.6 Å². The molecule has 0 atom stereocenters. The van der Waals surface area contributed by atoms with Crippen LogP contribution in [0.15, 0.2) is 5.38 Å². The average molecular weight is 325 g/mol. The van der Waals surface area contributed by atoms with E-state index in [4.69, 9.17) is 4.74 Å². The Hall–Kier alpha value is -1.47. The Balaban J connectivity index is 1.72. The molecule has 0 saturated carbocycles. The van der Waals surface area contributed by atoms with Gasteiger partial charge < -0.3 is 15.0 Å². The zero-order chi connectivity index (χ0) is 15.8. The van der Waals surface area contributed by atoms with Gasteiger partial charge >= 0.3 is 5.97 Å². The number of esters is 1. The molecular weight excluding hydrogens is 302 g/mol. The molecule has 2 heterocycles. The molecule has 6 nitrogen and oxygen atoms in total. The molecule has 1 aromatic rings. The molecule has 0 bridgehead atoms. The number of amides is 1. The van der Waals surface area contributed by atoms with Crippen molar-refractivity contribution in [1.82, 2.24) is 9.88 Å². The summed E-state index contributed by atoms with van der Waals surface area (Å²) < 4.78 is 4.87. The van der Waals surface area contributed by atoms with E-state index in [2.05, 4.69) is 15.2 Å². The molecule has 0 radical (unpaired) electrons. The number of nitrogens with zero attached hydrogens (tertiary/aromatic N) is 2. The number of aromatic nitrogens is 1. The van der Waals surface area contributed by atoms with Crippen LogP contribution in [0.3, 0.4) is 0 Å². The Labute approximate surface area is 134 Å². The number of ether oxygens (including phenoxy) is 1. The SMILES string of the molecule is CCOC(=O)Cc1csc(NC(=O)CCN2CCCCC2)n1. The van der Waals surface area contributed by atoms with Gasteiger partial charge in [-0.25, -0.2) is 4.98 Å². The van der Waals surface area contributed by atoms with E-state index in [-0.39, 0.29) is 18.3 Å². The van der Waals surface area contributed by atoms with Gasteiger partial charge in [-0.2, -0.15) is 0 Å². The fourth-order valence-electron chi connectivity index (χ4n) is 2.43. The van der Waals surface area contributed by atoms with E-state index in [9.17, 15) is 9.59 Å². The molecule has 2 rings (SSSR count). The van der Waals surface area contributed by atoms with E-state index in [1.54, 1.807) is 12.3 Å². The molecule has 1 N–H and O–H groups in total. The van der Waals surface area contributed by atoms with Gasteiger partial charge in [-0.1, -0.05) is 6.42 Å². The summed E-state index contributed by atoms with van der Waals surface area (Å²) in [5.41, 5.74) is 0.634. The lowest BCUT2D eigenvalue weighted by Gasteiger charge is -2.25. The first-order valence-corrected chi connectivity index (χ1v) is 8.67. The fraction of sp³-hybridized carbons (Fsp3) is 0.667. The zero-order valence-corrected chi connectivity index (χ0v) is 13.8. The van der Waals surface area contributed by atoms with Crippen LogP contribution in [0.2, 0.25) is 0 Å². The minimum atomic E-state index is -0.296. The Morgan fingerprint density at radius 3 is 2.86 bits per heavy atom. The number of anilines is 1. The van der Waals surface area contributed by atoms with Crippen molar-refractivity contribution < 1.29 is 14.3 Å². The quantitative estimate of drug-likeness (QED) is 0.777. The second kappa shape index (κ2) is 8.85. The highest BCUT2D eigenvalue weighted by Gasteiger charge is 2.13. The van der Waals surface area contributed by atoms with E-state index in [0.29, 0.717) is 23.9 Å². The molecule has 122 valence electrons. The van der Waals surface area contributed by atoms with Crippen LogP contribution in [0.1, 0.15) is 38.3 Å². The van der Waals surface area contributed by atoms with Gasteiger partial charge in [0.15, 0.2) is 5.13 Å². The minimum absolute atomic E-state index is 0.0254. The third kappa shape index (κ3) is 5.73. The normalized spacial score (nSPS) is 15.5. The number of carbonyl (C=O) groups excluding carboxylic acids is 2. The van der Waals surface area contributed by atoms with E-state index < -0.39 is 0 Å². The molecule has 0 spiro atoms. The van der Waals surface area contributed by atoms with Crippen molar-refractivity contribution in [3.8, 4) is 0 Å². The van der Waals surface area contributed by atoms with Gasteiger partial charge in [0, 0.05) is 18.3 Å². The highest BCUT2D eigenvalue weighted by molar-refractivity contribution is 7.13. The average Bonchev–Trinajstić information content (AvgIpc) is 2.93. The Morgan fingerprint density at radius 2 is 2.14 bits per heavy atom. The maximum absolute atomic E-state index is 11.9. The van der Waals surface area contributed by atoms with Crippen molar-refractivity contribution in [2.24, 2.45) is 0 Å². The second-order valence-corrected chi connectivity index (χ2v) is 6.18. The standard InChI is InChI=1S/C15H23N3O3S/c1-2-21-14(20)10-12-11-22-15(16-12)17-13(19)6-9-18-7-4-3-5-8-18/h11H,2-10H2,1H3,(H,16,17,19). The first-order valence-electron chi connectivity index (χ1n) is 7.79. The van der Waals surface area contributed by atoms with Gasteiger partial charge in [-0.15, -0.1) is 11.3 Å². The first kappa shape index (κ1) is 16.9. The zero-order valence-electron chi connectivity index (χ0n) is 13.0. The summed E-state index contributed by atoms with van der Waals surface area (Å²) >= 11 is 1.33. The predicted octanol–water partition coefficient (Wildman–Crippen LogP) is 2.06. The summed E-state index contributed by atoms with van der Waals surface area (Å²) in [4.78, 5) is 29.9. The van der Waals surface area contributed by atoms with Gasteiger partial charge in [0.05, 0.1) is 18.7 Å².